The smallest absolute Gasteiger partial charge is 0.240 e. The lowest BCUT2D eigenvalue weighted by atomic mass is 9.73. The van der Waals surface area contributed by atoms with Gasteiger partial charge in [-0.3, -0.25) is 0 Å². The fourth-order valence-electron chi connectivity index (χ4n) is 3.92. The van der Waals surface area contributed by atoms with Gasteiger partial charge in [0.15, 0.2) is 0 Å². The molecule has 0 bridgehead atoms. The van der Waals surface area contributed by atoms with Gasteiger partial charge in [-0.25, -0.2) is 13.1 Å². The number of sulfonamides is 1. The Kier molecular flexibility index (Phi) is 6.68. The molecule has 2 rings (SSSR count). The number of rotatable bonds is 7. The second kappa shape index (κ2) is 8.19. The highest BCUT2D eigenvalue weighted by atomic mass is 32.2. The molecule has 0 radical (unpaired) electrons. The van der Waals surface area contributed by atoms with Crippen LogP contribution in [0.1, 0.15) is 52.5 Å². The van der Waals surface area contributed by atoms with Gasteiger partial charge in [0, 0.05) is 13.2 Å². The van der Waals surface area contributed by atoms with Crippen LogP contribution in [0.25, 0.3) is 0 Å². The Morgan fingerprint density at radius 3 is 2.44 bits per heavy atom. The summed E-state index contributed by atoms with van der Waals surface area (Å²) < 4.78 is 33.5. The van der Waals surface area contributed by atoms with Crippen molar-refractivity contribution in [3.05, 3.63) is 29.8 Å². The van der Waals surface area contributed by atoms with Gasteiger partial charge in [-0.2, -0.15) is 0 Å². The summed E-state index contributed by atoms with van der Waals surface area (Å²) in [5.74, 6) is 1.62. The molecule has 1 aliphatic rings. The van der Waals surface area contributed by atoms with E-state index >= 15 is 0 Å². The molecule has 2 atom stereocenters. The Bertz CT molecular complexity index is 650. The van der Waals surface area contributed by atoms with E-state index in [0.29, 0.717) is 29.2 Å². The molecule has 0 amide bonds. The van der Waals surface area contributed by atoms with Crippen LogP contribution in [-0.4, -0.2) is 27.2 Å². The Hall–Kier alpha value is -0.910. The summed E-state index contributed by atoms with van der Waals surface area (Å²) in [6.45, 7) is 12.0. The van der Waals surface area contributed by atoms with E-state index in [1.54, 1.807) is 12.1 Å². The van der Waals surface area contributed by atoms with E-state index in [1.807, 2.05) is 19.1 Å². The topological polar surface area (TPSA) is 55.4 Å². The first kappa shape index (κ1) is 20.4. The van der Waals surface area contributed by atoms with Crippen LogP contribution < -0.4 is 4.72 Å². The average Bonchev–Trinajstić information content (AvgIpc) is 2.50. The maximum atomic E-state index is 12.4. The first-order valence-corrected chi connectivity index (χ1v) is 10.8. The number of hydrogen-bond acceptors (Lipinski definition) is 3. The lowest BCUT2D eigenvalue weighted by Gasteiger charge is -2.40. The first-order chi connectivity index (χ1) is 11.6. The van der Waals surface area contributed by atoms with Gasteiger partial charge in [0.1, 0.15) is 0 Å². The summed E-state index contributed by atoms with van der Waals surface area (Å²) in [6, 6.07) is 6.99. The van der Waals surface area contributed by atoms with Crippen molar-refractivity contribution in [2.24, 2.45) is 17.8 Å². The minimum atomic E-state index is -3.43. The predicted molar refractivity (Wildman–Crippen MR) is 102 cm³/mol. The van der Waals surface area contributed by atoms with Crippen molar-refractivity contribution < 1.29 is 13.2 Å². The van der Waals surface area contributed by atoms with E-state index in [-0.39, 0.29) is 5.60 Å². The lowest BCUT2D eigenvalue weighted by Crippen LogP contribution is -2.39. The third kappa shape index (κ3) is 5.80. The molecule has 1 saturated heterocycles. The van der Waals surface area contributed by atoms with Crippen LogP contribution in [0, 0.1) is 24.7 Å². The van der Waals surface area contributed by atoms with Crippen LogP contribution in [0.3, 0.4) is 0 Å². The Labute approximate surface area is 153 Å². The van der Waals surface area contributed by atoms with Gasteiger partial charge >= 0.3 is 0 Å². The van der Waals surface area contributed by atoms with Gasteiger partial charge in [-0.1, -0.05) is 31.5 Å². The van der Waals surface area contributed by atoms with Crippen molar-refractivity contribution in [3.63, 3.8) is 0 Å². The summed E-state index contributed by atoms with van der Waals surface area (Å²) in [7, 11) is -3.43. The molecular formula is C20H33NO3S. The van der Waals surface area contributed by atoms with Crippen LogP contribution in [0.2, 0.25) is 0 Å². The molecule has 1 heterocycles. The SMILES string of the molecule is Cc1ccc(S(=O)(=O)NCC[C@H](C(C)C)[C@@H]2CCOC(C)(C)C2)cc1. The Morgan fingerprint density at radius 1 is 1.24 bits per heavy atom. The van der Waals surface area contributed by atoms with E-state index < -0.39 is 10.0 Å². The lowest BCUT2D eigenvalue weighted by molar-refractivity contribution is -0.0867. The van der Waals surface area contributed by atoms with Crippen molar-refractivity contribution in [2.75, 3.05) is 13.2 Å². The monoisotopic (exact) mass is 367 g/mol. The van der Waals surface area contributed by atoms with Gasteiger partial charge in [0.25, 0.3) is 0 Å². The molecule has 0 aromatic heterocycles. The van der Waals surface area contributed by atoms with Gasteiger partial charge in [-0.15, -0.1) is 0 Å². The molecule has 0 saturated carbocycles. The van der Waals surface area contributed by atoms with Crippen molar-refractivity contribution >= 4 is 10.0 Å². The molecule has 25 heavy (non-hydrogen) atoms. The normalized spacial score (nSPS) is 22.1. The Morgan fingerprint density at radius 2 is 1.88 bits per heavy atom. The van der Waals surface area contributed by atoms with Gasteiger partial charge < -0.3 is 4.74 Å². The van der Waals surface area contributed by atoms with Gasteiger partial charge in [0.2, 0.25) is 10.0 Å². The molecule has 1 N–H and O–H groups in total. The minimum Gasteiger partial charge on any atom is -0.376 e. The van der Waals surface area contributed by atoms with Crippen molar-refractivity contribution in [1.29, 1.82) is 0 Å². The second-order valence-electron chi connectivity index (χ2n) is 8.27. The minimum absolute atomic E-state index is 0.0720. The molecule has 1 aliphatic heterocycles. The van der Waals surface area contributed by atoms with Gasteiger partial charge in [-0.05, 0) is 69.9 Å². The number of hydrogen-bond donors (Lipinski definition) is 1. The molecule has 5 heteroatoms. The van der Waals surface area contributed by atoms with E-state index in [2.05, 4.69) is 32.4 Å². The van der Waals surface area contributed by atoms with E-state index in [4.69, 9.17) is 4.74 Å². The quantitative estimate of drug-likeness (QED) is 0.788. The van der Waals surface area contributed by atoms with E-state index in [9.17, 15) is 8.42 Å². The first-order valence-electron chi connectivity index (χ1n) is 9.31. The molecule has 4 nitrogen and oxygen atoms in total. The summed E-state index contributed by atoms with van der Waals surface area (Å²) in [6.07, 6.45) is 2.97. The van der Waals surface area contributed by atoms with Gasteiger partial charge in [0.05, 0.1) is 10.5 Å². The predicted octanol–water partition coefficient (Wildman–Crippen LogP) is 4.14. The number of nitrogens with one attached hydrogen (secondary N) is 1. The summed E-state index contributed by atoms with van der Waals surface area (Å²) in [5, 5.41) is 0. The average molecular weight is 368 g/mol. The fraction of sp³-hybridized carbons (Fsp3) is 0.700. The van der Waals surface area contributed by atoms with Crippen molar-refractivity contribution in [2.45, 2.75) is 64.4 Å². The summed E-state index contributed by atoms with van der Waals surface area (Å²) in [4.78, 5) is 0.339. The Balaban J connectivity index is 1.96. The molecule has 1 aromatic rings. The molecule has 142 valence electrons. The van der Waals surface area contributed by atoms with Crippen molar-refractivity contribution in [1.82, 2.24) is 4.72 Å². The number of ether oxygens (including phenoxy) is 1. The standard InChI is InChI=1S/C20H33NO3S/c1-15(2)19(17-11-13-24-20(4,5)14-17)10-12-21-25(22,23)18-8-6-16(3)7-9-18/h6-9,15,17,19,21H,10-14H2,1-5H3/t17-,19-/m1/s1. The highest BCUT2D eigenvalue weighted by Crippen LogP contribution is 2.37. The highest BCUT2D eigenvalue weighted by molar-refractivity contribution is 7.89. The molecule has 1 fully saturated rings. The maximum absolute atomic E-state index is 12.4. The summed E-state index contributed by atoms with van der Waals surface area (Å²) >= 11 is 0. The highest BCUT2D eigenvalue weighted by Gasteiger charge is 2.34. The third-order valence-electron chi connectivity index (χ3n) is 5.30. The molecule has 0 unspecified atom stereocenters. The summed E-state index contributed by atoms with van der Waals surface area (Å²) in [5.41, 5.74) is 0.984. The van der Waals surface area contributed by atoms with E-state index in [0.717, 1.165) is 31.4 Å². The van der Waals surface area contributed by atoms with Crippen LogP contribution in [0.5, 0.6) is 0 Å². The van der Waals surface area contributed by atoms with Crippen LogP contribution in [0.4, 0.5) is 0 Å². The zero-order valence-corrected chi connectivity index (χ0v) is 17.0. The van der Waals surface area contributed by atoms with Crippen LogP contribution in [0.15, 0.2) is 29.2 Å². The molecular weight excluding hydrogens is 334 g/mol. The van der Waals surface area contributed by atoms with E-state index in [1.165, 1.54) is 0 Å². The van der Waals surface area contributed by atoms with Crippen LogP contribution >= 0.6 is 0 Å². The zero-order valence-electron chi connectivity index (χ0n) is 16.2. The molecule has 0 spiro atoms. The van der Waals surface area contributed by atoms with Crippen molar-refractivity contribution in [3.8, 4) is 0 Å². The number of aryl methyl sites for hydroxylation is 1. The molecule has 0 aliphatic carbocycles. The second-order valence-corrected chi connectivity index (χ2v) is 10.0. The largest absolute Gasteiger partial charge is 0.376 e. The third-order valence-corrected chi connectivity index (χ3v) is 6.77. The fourth-order valence-corrected chi connectivity index (χ4v) is 4.97. The van der Waals surface area contributed by atoms with Crippen LogP contribution in [-0.2, 0) is 14.8 Å². The maximum Gasteiger partial charge on any atom is 0.240 e. The zero-order chi connectivity index (χ0) is 18.7. The number of benzene rings is 1. The molecule has 1 aromatic carbocycles.